The lowest BCUT2D eigenvalue weighted by molar-refractivity contribution is 0.00826. The maximum Gasteiger partial charge on any atom is 0.410 e. The molecule has 1 aromatic carbocycles. The monoisotopic (exact) mass is 729 g/mol. The Balaban J connectivity index is 1.04. The van der Waals surface area contributed by atoms with Crippen LogP contribution in [-0.2, 0) is 30.4 Å². The molecule has 3 aromatic rings. The number of carbonyl (C=O) groups is 1. The number of morpholine rings is 1. The van der Waals surface area contributed by atoms with Crippen molar-refractivity contribution in [3.63, 3.8) is 0 Å². The van der Waals surface area contributed by atoms with E-state index in [1.807, 2.05) is 22.8 Å². The van der Waals surface area contributed by atoms with E-state index in [-0.39, 0.29) is 43.7 Å². The van der Waals surface area contributed by atoms with Crippen molar-refractivity contribution in [3.05, 3.63) is 35.4 Å². The van der Waals surface area contributed by atoms with Crippen LogP contribution in [0.1, 0.15) is 12.8 Å². The number of aromatic nitrogens is 3. The van der Waals surface area contributed by atoms with Crippen molar-refractivity contribution in [2.45, 2.75) is 69.7 Å². The summed E-state index contributed by atoms with van der Waals surface area (Å²) >= 11 is 6.84. The maximum atomic E-state index is 12.5. The van der Waals surface area contributed by atoms with Gasteiger partial charge in [-0.05, 0) is 24.2 Å². The summed E-state index contributed by atoms with van der Waals surface area (Å²) in [5, 5.41) is 10.6. The van der Waals surface area contributed by atoms with Crippen LogP contribution in [0.25, 0.3) is 22.4 Å². The predicted octanol–water partition coefficient (Wildman–Crippen LogP) is 4.66. The van der Waals surface area contributed by atoms with E-state index in [2.05, 4.69) is 36.7 Å². The first-order chi connectivity index (χ1) is 24.1. The van der Waals surface area contributed by atoms with Gasteiger partial charge in [0, 0.05) is 70.9 Å². The van der Waals surface area contributed by atoms with Crippen LogP contribution in [0.4, 0.5) is 10.5 Å². The van der Waals surface area contributed by atoms with Crippen LogP contribution in [0, 0.1) is 5.92 Å². The summed E-state index contributed by atoms with van der Waals surface area (Å²) in [5.41, 5.74) is 3.87. The SMILES string of the molecule is C[Si](C)(C)CCOCn1c(OC[C@@H]2CO[C@H]3[C@@H]2OC[C@H]3O)nc2cc(Cl)c(-c3ccc(N4CCC(OC(=O)N5CCOCC5)CC4)cc3)nc21. The minimum atomic E-state index is -1.28. The summed E-state index contributed by atoms with van der Waals surface area (Å²) in [6.45, 7) is 12.8. The van der Waals surface area contributed by atoms with Crippen molar-refractivity contribution in [3.8, 4) is 17.3 Å². The van der Waals surface area contributed by atoms with Crippen LogP contribution in [0.15, 0.2) is 30.3 Å². The molecule has 0 aliphatic carbocycles. The highest BCUT2D eigenvalue weighted by Gasteiger charge is 2.47. The van der Waals surface area contributed by atoms with Gasteiger partial charge in [0.2, 0.25) is 0 Å². The van der Waals surface area contributed by atoms with Gasteiger partial charge in [-0.2, -0.15) is 4.98 Å². The van der Waals surface area contributed by atoms with Crippen LogP contribution in [-0.4, -0.2) is 129 Å². The third-order valence-corrected chi connectivity index (χ3v) is 11.9. The van der Waals surface area contributed by atoms with Crippen LogP contribution in [0.5, 0.6) is 6.01 Å². The lowest BCUT2D eigenvalue weighted by atomic mass is 10.0. The van der Waals surface area contributed by atoms with E-state index in [0.29, 0.717) is 74.0 Å². The Morgan fingerprint density at radius 3 is 2.50 bits per heavy atom. The molecule has 13 nitrogen and oxygen atoms in total. The number of pyridine rings is 1. The fourth-order valence-corrected chi connectivity index (χ4v) is 7.89. The van der Waals surface area contributed by atoms with Crippen molar-refractivity contribution in [1.29, 1.82) is 0 Å². The molecule has 1 N–H and O–H groups in total. The number of fused-ring (bicyclic) bond motifs is 2. The minimum absolute atomic E-state index is 0.0280. The molecular formula is C35H48ClN5O8Si. The third kappa shape index (κ3) is 8.06. The van der Waals surface area contributed by atoms with Gasteiger partial charge in [-0.15, -0.1) is 0 Å². The number of amides is 1. The highest BCUT2D eigenvalue weighted by atomic mass is 35.5. The van der Waals surface area contributed by atoms with Crippen LogP contribution >= 0.6 is 11.6 Å². The first-order valence-electron chi connectivity index (χ1n) is 17.7. The fraction of sp³-hybridized carbons (Fsp3) is 0.629. The second-order valence-corrected chi connectivity index (χ2v) is 20.8. The second kappa shape index (κ2) is 15.3. The average Bonchev–Trinajstić information content (AvgIpc) is 3.79. The summed E-state index contributed by atoms with van der Waals surface area (Å²) in [7, 11) is -1.28. The molecule has 1 amide bonds. The number of halogens is 1. The standard InChI is InChI=1S/C35H48ClN5O8Si/c1-50(2,3)17-16-45-22-41-33-28(37-34(41)48-20-24-19-46-32-29(42)21-47-31(24)32)18-27(36)30(38-33)23-4-6-25(7-5-23)39-10-8-26(9-11-39)49-35(43)40-12-14-44-15-13-40/h4-7,18,24,26,29,31-32,42H,8-17,19-22H2,1-3H3/t24-,29+,31+,32+/m0/s1. The number of imidazole rings is 1. The van der Waals surface area contributed by atoms with Gasteiger partial charge in [-0.3, -0.25) is 4.57 Å². The molecule has 0 radical (unpaired) electrons. The number of ether oxygens (including phenoxy) is 6. The molecule has 4 aliphatic rings. The first-order valence-corrected chi connectivity index (χ1v) is 21.8. The number of rotatable bonds is 11. The first kappa shape index (κ1) is 35.4. The smallest absolute Gasteiger partial charge is 0.410 e. The third-order valence-electron chi connectivity index (χ3n) is 9.90. The van der Waals surface area contributed by atoms with E-state index in [1.165, 1.54) is 0 Å². The summed E-state index contributed by atoms with van der Waals surface area (Å²) in [6.07, 6.45) is 0.0945. The molecule has 0 unspecified atom stereocenters. The molecule has 0 saturated carbocycles. The van der Waals surface area contributed by atoms with Crippen LogP contribution in [0.2, 0.25) is 30.7 Å². The molecule has 4 aliphatic heterocycles. The van der Waals surface area contributed by atoms with Gasteiger partial charge in [-0.25, -0.2) is 9.78 Å². The molecule has 50 heavy (non-hydrogen) atoms. The number of benzene rings is 1. The molecule has 7 rings (SSSR count). The van der Waals surface area contributed by atoms with Gasteiger partial charge in [0.15, 0.2) is 5.65 Å². The lowest BCUT2D eigenvalue weighted by Gasteiger charge is -2.35. The summed E-state index contributed by atoms with van der Waals surface area (Å²) in [4.78, 5) is 26.4. The van der Waals surface area contributed by atoms with Gasteiger partial charge < -0.3 is 43.3 Å². The Labute approximate surface area is 298 Å². The van der Waals surface area contributed by atoms with Crippen molar-refractivity contribution < 1.29 is 38.3 Å². The molecule has 4 saturated heterocycles. The number of anilines is 1. The van der Waals surface area contributed by atoms with E-state index < -0.39 is 14.2 Å². The molecule has 2 aromatic heterocycles. The van der Waals surface area contributed by atoms with Gasteiger partial charge in [-0.1, -0.05) is 43.4 Å². The van der Waals surface area contributed by atoms with Crippen LogP contribution in [0.3, 0.4) is 0 Å². The zero-order chi connectivity index (χ0) is 34.8. The lowest BCUT2D eigenvalue weighted by Crippen LogP contribution is -2.44. The Bertz CT molecular complexity index is 1620. The number of carbonyl (C=O) groups excluding carboxylic acids is 1. The van der Waals surface area contributed by atoms with E-state index in [9.17, 15) is 9.90 Å². The molecule has 272 valence electrons. The molecule has 6 heterocycles. The summed E-state index contributed by atoms with van der Waals surface area (Å²) in [6, 6.07) is 11.5. The zero-order valence-corrected chi connectivity index (χ0v) is 30.8. The Hall–Kier alpha value is -2.98. The van der Waals surface area contributed by atoms with Crippen molar-refractivity contribution in [1.82, 2.24) is 19.4 Å². The number of aliphatic hydroxyl groups excluding tert-OH is 1. The van der Waals surface area contributed by atoms with Gasteiger partial charge in [0.25, 0.3) is 0 Å². The van der Waals surface area contributed by atoms with Gasteiger partial charge in [0.1, 0.15) is 30.6 Å². The number of nitrogens with zero attached hydrogens (tertiary/aromatic N) is 5. The number of hydrogen-bond acceptors (Lipinski definition) is 11. The molecule has 15 heteroatoms. The average molecular weight is 730 g/mol. The van der Waals surface area contributed by atoms with E-state index >= 15 is 0 Å². The molecule has 4 fully saturated rings. The normalized spacial score (nSPS) is 24.6. The topological polar surface area (TPSA) is 130 Å². The quantitative estimate of drug-likeness (QED) is 0.219. The molecule has 4 atom stereocenters. The van der Waals surface area contributed by atoms with Crippen LogP contribution < -0.4 is 9.64 Å². The molecular weight excluding hydrogens is 682 g/mol. The van der Waals surface area contributed by atoms with E-state index in [4.69, 9.17) is 50.0 Å². The fourth-order valence-electron chi connectivity index (χ4n) is 6.88. The van der Waals surface area contributed by atoms with Gasteiger partial charge in [0.05, 0.1) is 49.9 Å². The Morgan fingerprint density at radius 1 is 1.02 bits per heavy atom. The van der Waals surface area contributed by atoms with Crippen molar-refractivity contribution in [2.75, 3.05) is 70.7 Å². The van der Waals surface area contributed by atoms with Crippen molar-refractivity contribution in [2.24, 2.45) is 5.92 Å². The summed E-state index contributed by atoms with van der Waals surface area (Å²) < 4.78 is 37.0. The predicted molar refractivity (Wildman–Crippen MR) is 191 cm³/mol. The number of aliphatic hydroxyl groups is 1. The molecule has 0 spiro atoms. The maximum absolute atomic E-state index is 12.5. The van der Waals surface area contributed by atoms with Gasteiger partial charge >= 0.3 is 12.1 Å². The van der Waals surface area contributed by atoms with E-state index in [1.54, 1.807) is 4.90 Å². The highest BCUT2D eigenvalue weighted by molar-refractivity contribution is 6.76. The largest absolute Gasteiger partial charge is 0.464 e. The zero-order valence-electron chi connectivity index (χ0n) is 29.1. The Morgan fingerprint density at radius 2 is 1.76 bits per heavy atom. The van der Waals surface area contributed by atoms with E-state index in [0.717, 1.165) is 43.2 Å². The summed E-state index contributed by atoms with van der Waals surface area (Å²) in [5.74, 6) is -0.0280. The highest BCUT2D eigenvalue weighted by Crippen LogP contribution is 2.35. The molecule has 0 bridgehead atoms. The number of hydrogen-bond donors (Lipinski definition) is 1. The van der Waals surface area contributed by atoms with Crippen molar-refractivity contribution >= 4 is 42.6 Å². The second-order valence-electron chi connectivity index (χ2n) is 14.8. The minimum Gasteiger partial charge on any atom is -0.464 e. The Kier molecular flexibility index (Phi) is 10.9. The number of piperidine rings is 1.